The quantitative estimate of drug-likeness (QED) is 0.884. The van der Waals surface area contributed by atoms with Crippen molar-refractivity contribution in [2.75, 3.05) is 29.9 Å². The molecule has 1 saturated heterocycles. The zero-order valence-electron chi connectivity index (χ0n) is 14.8. The normalized spacial score (nSPS) is 19.2. The molecule has 0 bridgehead atoms. The van der Waals surface area contributed by atoms with Gasteiger partial charge in [0.15, 0.2) is 5.82 Å². The van der Waals surface area contributed by atoms with E-state index in [-0.39, 0.29) is 12.1 Å². The van der Waals surface area contributed by atoms with E-state index < -0.39 is 0 Å². The number of amides is 2. The van der Waals surface area contributed by atoms with Crippen LogP contribution in [0.15, 0.2) is 42.6 Å². The number of ether oxygens (including phenoxy) is 1. The smallest absolute Gasteiger partial charge is 0.319 e. The molecular weight excluding hydrogens is 328 g/mol. The molecule has 2 aliphatic rings. The summed E-state index contributed by atoms with van der Waals surface area (Å²) in [7, 11) is 0. The predicted octanol–water partition coefficient (Wildman–Crippen LogP) is 3.72. The molecule has 1 aromatic carbocycles. The molecule has 6 heteroatoms. The van der Waals surface area contributed by atoms with Gasteiger partial charge in [0.25, 0.3) is 0 Å². The molecule has 0 radical (unpaired) electrons. The average Bonchev–Trinajstić information content (AvgIpc) is 3.12. The van der Waals surface area contributed by atoms with E-state index in [2.05, 4.69) is 20.5 Å². The molecule has 2 amide bonds. The highest BCUT2D eigenvalue weighted by Gasteiger charge is 2.22. The topological polar surface area (TPSA) is 66.5 Å². The van der Waals surface area contributed by atoms with Crippen LogP contribution in [0.4, 0.5) is 16.3 Å². The number of carbonyl (C=O) groups is 1. The maximum atomic E-state index is 12.7. The number of fused-ring (bicyclic) bond motifs is 1. The number of hydrogen-bond donors (Lipinski definition) is 2. The van der Waals surface area contributed by atoms with Crippen LogP contribution in [0.3, 0.4) is 0 Å². The van der Waals surface area contributed by atoms with Gasteiger partial charge in [0.2, 0.25) is 0 Å². The lowest BCUT2D eigenvalue weighted by atomic mass is 10.0. The summed E-state index contributed by atoms with van der Waals surface area (Å²) in [6.07, 6.45) is 5.87. The molecular formula is C20H24N4O2. The van der Waals surface area contributed by atoms with Gasteiger partial charge >= 0.3 is 6.03 Å². The molecule has 0 spiro atoms. The number of nitrogens with zero attached hydrogens (tertiary/aromatic N) is 2. The summed E-state index contributed by atoms with van der Waals surface area (Å²) < 4.78 is 5.78. The molecule has 0 saturated carbocycles. The van der Waals surface area contributed by atoms with Gasteiger partial charge in [-0.15, -0.1) is 0 Å². The number of hydrogen-bond acceptors (Lipinski definition) is 4. The lowest BCUT2D eigenvalue weighted by Crippen LogP contribution is -2.33. The minimum atomic E-state index is -0.208. The standard InChI is InChI=1S/C20H24N4O2/c25-20(22-16-9-6-14-26-18-10-2-1-7-15(16)18)23-17-8-5-11-21-19(17)24-12-3-4-13-24/h1-2,5,7-8,10-11,16H,3-4,6,9,12-14H2,(H2,22,23,25). The number of carbonyl (C=O) groups excluding carboxylic acids is 1. The Bertz CT molecular complexity index is 774. The first kappa shape index (κ1) is 16.7. The first-order chi connectivity index (χ1) is 12.8. The van der Waals surface area contributed by atoms with Crippen molar-refractivity contribution in [2.24, 2.45) is 0 Å². The van der Waals surface area contributed by atoms with E-state index in [1.165, 1.54) is 12.8 Å². The van der Waals surface area contributed by atoms with Gasteiger partial charge in [0.05, 0.1) is 18.3 Å². The minimum absolute atomic E-state index is 0.0550. The monoisotopic (exact) mass is 352 g/mol. The SMILES string of the molecule is O=C(Nc1cccnc1N1CCCC1)NC1CCCOc2ccccc21. The summed E-state index contributed by atoms with van der Waals surface area (Å²) in [6, 6.07) is 11.4. The highest BCUT2D eigenvalue weighted by molar-refractivity contribution is 5.92. The molecule has 2 N–H and O–H groups in total. The van der Waals surface area contributed by atoms with E-state index in [0.717, 1.165) is 48.7 Å². The number of rotatable bonds is 3. The van der Waals surface area contributed by atoms with E-state index in [1.807, 2.05) is 36.4 Å². The number of anilines is 2. The number of nitrogens with one attached hydrogen (secondary N) is 2. The van der Waals surface area contributed by atoms with Crippen LogP contribution in [0.5, 0.6) is 5.75 Å². The van der Waals surface area contributed by atoms with Crippen LogP contribution in [0.25, 0.3) is 0 Å². The van der Waals surface area contributed by atoms with Gasteiger partial charge in [0, 0.05) is 24.8 Å². The summed E-state index contributed by atoms with van der Waals surface area (Å²) in [5.74, 6) is 1.71. The number of urea groups is 1. The molecule has 1 fully saturated rings. The zero-order valence-corrected chi connectivity index (χ0v) is 14.8. The Balaban J connectivity index is 1.48. The Morgan fingerprint density at radius 3 is 2.85 bits per heavy atom. The Hall–Kier alpha value is -2.76. The van der Waals surface area contributed by atoms with Crippen molar-refractivity contribution in [1.29, 1.82) is 0 Å². The molecule has 26 heavy (non-hydrogen) atoms. The lowest BCUT2D eigenvalue weighted by Gasteiger charge is -2.22. The minimum Gasteiger partial charge on any atom is -0.493 e. The Morgan fingerprint density at radius 1 is 1.12 bits per heavy atom. The number of pyridine rings is 1. The number of benzene rings is 1. The third kappa shape index (κ3) is 3.59. The predicted molar refractivity (Wildman–Crippen MR) is 102 cm³/mol. The fourth-order valence-corrected chi connectivity index (χ4v) is 3.67. The maximum absolute atomic E-state index is 12.7. The molecule has 6 nitrogen and oxygen atoms in total. The fraction of sp³-hybridized carbons (Fsp3) is 0.400. The van der Waals surface area contributed by atoms with Gasteiger partial charge < -0.3 is 20.3 Å². The average molecular weight is 352 g/mol. The van der Waals surface area contributed by atoms with Crippen LogP contribution in [-0.4, -0.2) is 30.7 Å². The fourth-order valence-electron chi connectivity index (χ4n) is 3.67. The van der Waals surface area contributed by atoms with Crippen molar-refractivity contribution in [2.45, 2.75) is 31.7 Å². The Labute approximate surface area is 153 Å². The van der Waals surface area contributed by atoms with Gasteiger partial charge in [-0.05, 0) is 43.9 Å². The summed E-state index contributed by atoms with van der Waals surface area (Å²) in [6.45, 7) is 2.65. The molecule has 3 heterocycles. The van der Waals surface area contributed by atoms with E-state index in [0.29, 0.717) is 6.61 Å². The van der Waals surface area contributed by atoms with Gasteiger partial charge in [-0.3, -0.25) is 0 Å². The summed E-state index contributed by atoms with van der Waals surface area (Å²) >= 11 is 0. The van der Waals surface area contributed by atoms with Crippen molar-refractivity contribution in [3.05, 3.63) is 48.2 Å². The van der Waals surface area contributed by atoms with Crippen LogP contribution in [0.2, 0.25) is 0 Å². The largest absolute Gasteiger partial charge is 0.493 e. The Morgan fingerprint density at radius 2 is 1.96 bits per heavy atom. The second-order valence-electron chi connectivity index (χ2n) is 6.75. The summed E-state index contributed by atoms with van der Waals surface area (Å²) in [5.41, 5.74) is 1.79. The van der Waals surface area contributed by atoms with E-state index in [9.17, 15) is 4.79 Å². The van der Waals surface area contributed by atoms with Crippen LogP contribution < -0.4 is 20.3 Å². The molecule has 1 atom stereocenters. The summed E-state index contributed by atoms with van der Waals surface area (Å²) in [4.78, 5) is 19.4. The second kappa shape index (κ2) is 7.64. The van der Waals surface area contributed by atoms with Gasteiger partial charge in [-0.2, -0.15) is 0 Å². The van der Waals surface area contributed by atoms with E-state index in [4.69, 9.17) is 4.74 Å². The lowest BCUT2D eigenvalue weighted by molar-refractivity contribution is 0.247. The molecule has 2 aromatic rings. The molecule has 1 unspecified atom stereocenters. The molecule has 136 valence electrons. The number of para-hydroxylation sites is 1. The maximum Gasteiger partial charge on any atom is 0.319 e. The highest BCUT2D eigenvalue weighted by atomic mass is 16.5. The van der Waals surface area contributed by atoms with Crippen molar-refractivity contribution >= 4 is 17.5 Å². The van der Waals surface area contributed by atoms with Crippen molar-refractivity contribution in [1.82, 2.24) is 10.3 Å². The Kier molecular flexibility index (Phi) is 4.91. The van der Waals surface area contributed by atoms with Crippen LogP contribution in [0, 0.1) is 0 Å². The van der Waals surface area contributed by atoms with Gasteiger partial charge in [0.1, 0.15) is 5.75 Å². The molecule has 2 aliphatic heterocycles. The van der Waals surface area contributed by atoms with Crippen LogP contribution in [-0.2, 0) is 0 Å². The van der Waals surface area contributed by atoms with Crippen molar-refractivity contribution in [3.8, 4) is 5.75 Å². The van der Waals surface area contributed by atoms with Gasteiger partial charge in [-0.25, -0.2) is 9.78 Å². The van der Waals surface area contributed by atoms with E-state index >= 15 is 0 Å². The van der Waals surface area contributed by atoms with Crippen LogP contribution >= 0.6 is 0 Å². The zero-order chi connectivity index (χ0) is 17.8. The number of aromatic nitrogens is 1. The molecule has 0 aliphatic carbocycles. The summed E-state index contributed by atoms with van der Waals surface area (Å²) in [5, 5.41) is 6.10. The van der Waals surface area contributed by atoms with Gasteiger partial charge in [-0.1, -0.05) is 18.2 Å². The third-order valence-corrected chi connectivity index (χ3v) is 4.93. The van der Waals surface area contributed by atoms with Crippen molar-refractivity contribution in [3.63, 3.8) is 0 Å². The van der Waals surface area contributed by atoms with E-state index in [1.54, 1.807) is 6.20 Å². The first-order valence-electron chi connectivity index (χ1n) is 9.30. The first-order valence-corrected chi connectivity index (χ1v) is 9.30. The third-order valence-electron chi connectivity index (χ3n) is 4.93. The molecule has 4 rings (SSSR count). The second-order valence-corrected chi connectivity index (χ2v) is 6.75. The highest BCUT2D eigenvalue weighted by Crippen LogP contribution is 2.31. The molecule has 1 aromatic heterocycles. The van der Waals surface area contributed by atoms with Crippen LogP contribution in [0.1, 0.15) is 37.3 Å². The van der Waals surface area contributed by atoms with Crippen molar-refractivity contribution < 1.29 is 9.53 Å².